The summed E-state index contributed by atoms with van der Waals surface area (Å²) >= 11 is 0. The number of nitrogens with one attached hydrogen (secondary N) is 2. The van der Waals surface area contributed by atoms with E-state index in [1.165, 1.54) is 31.4 Å². The van der Waals surface area contributed by atoms with Gasteiger partial charge in [-0.2, -0.15) is 4.31 Å². The van der Waals surface area contributed by atoms with E-state index in [0.717, 1.165) is 15.4 Å². The van der Waals surface area contributed by atoms with Crippen molar-refractivity contribution in [3.05, 3.63) is 96.1 Å². The minimum Gasteiger partial charge on any atom is -0.453 e. The lowest BCUT2D eigenvalue weighted by molar-refractivity contribution is -0.123. The largest absolute Gasteiger partial charge is 0.453 e. The van der Waals surface area contributed by atoms with E-state index < -0.39 is 59.0 Å². The summed E-state index contributed by atoms with van der Waals surface area (Å²) < 4.78 is 50.3. The molecule has 0 heterocycles. The third-order valence-corrected chi connectivity index (χ3v) is 8.81. The van der Waals surface area contributed by atoms with Crippen LogP contribution in [-0.2, 0) is 19.6 Å². The number of amides is 2. The minimum atomic E-state index is -4.35. The van der Waals surface area contributed by atoms with Crippen LogP contribution in [0.3, 0.4) is 0 Å². The number of hydrogen-bond donors (Lipinski definition) is 4. The number of hydrogen-bond acceptors (Lipinski definition) is 7. The number of carbonyl (C=O) groups excluding carboxylic acids is 2. The molecule has 44 heavy (non-hydrogen) atoms. The first-order valence-electron chi connectivity index (χ1n) is 15.6. The lowest BCUT2D eigenvalue weighted by atomic mass is 9.84. The van der Waals surface area contributed by atoms with Crippen LogP contribution in [0, 0.1) is 5.92 Å². The molecular formula is C33H44N4O6S. The number of sulfonamides is 1. The standard InChI is InChI=1S/C33H44N4O6S/c1-24(2)22-37(44(41,42)29-19-17-27(34)18-20-29)28(23-38)16-10-11-21-35-32(39)31(36-33(40)43-3)30(25-12-6-4-7-13-25)26-14-8-5-9-15-26/h4-9,12-15,17-20,24,28,30-31,38H,10-11,16,21-23,34H2,1-3H3,(H,35,39)(H,36,40)/t28-,31-/m0/s1/i22D2. The van der Waals surface area contributed by atoms with Gasteiger partial charge in [0, 0.05) is 33.4 Å². The second-order valence-corrected chi connectivity index (χ2v) is 12.5. The molecule has 0 aliphatic carbocycles. The monoisotopic (exact) mass is 626 g/mol. The highest BCUT2D eigenvalue weighted by Crippen LogP contribution is 2.29. The van der Waals surface area contributed by atoms with Crippen molar-refractivity contribution in [2.24, 2.45) is 5.92 Å². The van der Waals surface area contributed by atoms with Gasteiger partial charge >= 0.3 is 6.09 Å². The summed E-state index contributed by atoms with van der Waals surface area (Å²) in [4.78, 5) is 25.8. The van der Waals surface area contributed by atoms with Crippen molar-refractivity contribution in [3.8, 4) is 0 Å². The maximum absolute atomic E-state index is 13.7. The zero-order valence-corrected chi connectivity index (χ0v) is 26.2. The van der Waals surface area contributed by atoms with Crippen LogP contribution in [0.25, 0.3) is 0 Å². The van der Waals surface area contributed by atoms with Crippen LogP contribution in [0.15, 0.2) is 89.8 Å². The number of ether oxygens (including phenoxy) is 1. The van der Waals surface area contributed by atoms with E-state index in [-0.39, 0.29) is 17.9 Å². The average molecular weight is 627 g/mol. The number of unbranched alkanes of at least 4 members (excludes halogenated alkanes) is 1. The van der Waals surface area contributed by atoms with Crippen LogP contribution in [0.4, 0.5) is 10.5 Å². The van der Waals surface area contributed by atoms with Crippen LogP contribution in [0.1, 0.15) is 52.9 Å². The molecule has 0 fully saturated rings. The van der Waals surface area contributed by atoms with E-state index in [1.54, 1.807) is 13.8 Å². The number of nitrogens with zero attached hydrogens (tertiary/aromatic N) is 1. The number of nitrogens with two attached hydrogens (primary N) is 1. The topological polar surface area (TPSA) is 151 Å². The van der Waals surface area contributed by atoms with Crippen molar-refractivity contribution in [2.75, 3.05) is 32.5 Å². The van der Waals surface area contributed by atoms with Crippen LogP contribution < -0.4 is 16.4 Å². The Morgan fingerprint density at radius 1 is 0.955 bits per heavy atom. The number of aliphatic hydroxyl groups excluding tert-OH is 1. The molecule has 2 amide bonds. The predicted molar refractivity (Wildman–Crippen MR) is 171 cm³/mol. The molecule has 3 rings (SSSR count). The first-order chi connectivity index (χ1) is 21.8. The molecule has 0 aliphatic heterocycles. The fourth-order valence-corrected chi connectivity index (χ4v) is 6.49. The highest BCUT2D eigenvalue weighted by Gasteiger charge is 2.33. The molecular weight excluding hydrogens is 580 g/mol. The molecule has 0 saturated carbocycles. The van der Waals surface area contributed by atoms with Crippen LogP contribution >= 0.6 is 0 Å². The normalized spacial score (nSPS) is 14.1. The second kappa shape index (κ2) is 16.8. The van der Waals surface area contributed by atoms with Gasteiger partial charge in [-0.3, -0.25) is 4.79 Å². The number of benzene rings is 3. The van der Waals surface area contributed by atoms with Crippen molar-refractivity contribution in [1.82, 2.24) is 14.9 Å². The lowest BCUT2D eigenvalue weighted by Gasteiger charge is -2.31. The highest BCUT2D eigenvalue weighted by molar-refractivity contribution is 7.89. The van der Waals surface area contributed by atoms with E-state index in [2.05, 4.69) is 10.6 Å². The third-order valence-electron chi connectivity index (χ3n) is 7.02. The van der Waals surface area contributed by atoms with Crippen molar-refractivity contribution in [1.29, 1.82) is 0 Å². The Bertz CT molecular complexity index is 1470. The molecule has 0 spiro atoms. The van der Waals surface area contributed by atoms with Gasteiger partial charge in [0.2, 0.25) is 15.9 Å². The van der Waals surface area contributed by atoms with Crippen LogP contribution in [0.2, 0.25) is 0 Å². The molecule has 0 unspecified atom stereocenters. The van der Waals surface area contributed by atoms with E-state index in [9.17, 15) is 23.1 Å². The van der Waals surface area contributed by atoms with Gasteiger partial charge < -0.3 is 26.2 Å². The average Bonchev–Trinajstić information content (AvgIpc) is 3.04. The maximum Gasteiger partial charge on any atom is 0.407 e. The lowest BCUT2D eigenvalue weighted by Crippen LogP contribution is -2.50. The molecule has 10 nitrogen and oxygen atoms in total. The van der Waals surface area contributed by atoms with Gasteiger partial charge in [0.1, 0.15) is 6.04 Å². The minimum absolute atomic E-state index is 0.132. The summed E-state index contributed by atoms with van der Waals surface area (Å²) in [5, 5.41) is 15.8. The van der Waals surface area contributed by atoms with Crippen LogP contribution in [-0.4, -0.2) is 68.7 Å². The first kappa shape index (κ1) is 31.5. The van der Waals surface area contributed by atoms with Gasteiger partial charge in [-0.25, -0.2) is 13.2 Å². The van der Waals surface area contributed by atoms with Crippen molar-refractivity contribution in [3.63, 3.8) is 0 Å². The summed E-state index contributed by atoms with van der Waals surface area (Å²) in [5.74, 6) is -1.68. The zero-order chi connectivity index (χ0) is 33.9. The Morgan fingerprint density at radius 2 is 1.52 bits per heavy atom. The third kappa shape index (κ3) is 9.54. The molecule has 0 radical (unpaired) electrons. The Morgan fingerprint density at radius 3 is 2.02 bits per heavy atom. The molecule has 3 aromatic rings. The van der Waals surface area contributed by atoms with Crippen molar-refractivity contribution >= 4 is 27.7 Å². The maximum atomic E-state index is 13.7. The quantitative estimate of drug-likeness (QED) is 0.138. The molecule has 0 saturated heterocycles. The molecule has 5 N–H and O–H groups in total. The highest BCUT2D eigenvalue weighted by atomic mass is 32.2. The Hall–Kier alpha value is -3.93. The molecule has 0 aromatic heterocycles. The SMILES string of the molecule is [2H]C([2H])(C(C)C)N([C@H](CO)CCCCNC(=O)[C@@H](NC(=O)OC)C(c1ccccc1)c1ccccc1)S(=O)(=O)c1ccc(N)cc1. The van der Waals surface area contributed by atoms with Gasteiger partial charge in [-0.15, -0.1) is 0 Å². The van der Waals surface area contributed by atoms with Crippen molar-refractivity contribution < 1.29 is 30.6 Å². The Kier molecular flexibility index (Phi) is 12.0. The fourth-order valence-electron chi connectivity index (χ4n) is 4.87. The van der Waals surface area contributed by atoms with Crippen molar-refractivity contribution in [2.45, 2.75) is 56.0 Å². The fraction of sp³-hybridized carbons (Fsp3) is 0.394. The Balaban J connectivity index is 1.76. The van der Waals surface area contributed by atoms with E-state index in [0.29, 0.717) is 18.5 Å². The van der Waals surface area contributed by atoms with Gasteiger partial charge in [0.05, 0.1) is 18.6 Å². The molecule has 11 heteroatoms. The summed E-state index contributed by atoms with van der Waals surface area (Å²) in [6.45, 7) is 0.430. The molecule has 0 bridgehead atoms. The number of nitrogen functional groups attached to an aromatic ring is 1. The van der Waals surface area contributed by atoms with Crippen LogP contribution in [0.5, 0.6) is 0 Å². The number of alkyl carbamates (subject to hydrolysis) is 1. The number of aliphatic hydroxyl groups is 1. The number of carbonyl (C=O) groups is 2. The predicted octanol–water partition coefficient (Wildman–Crippen LogP) is 4.12. The second-order valence-electron chi connectivity index (χ2n) is 10.7. The summed E-state index contributed by atoms with van der Waals surface area (Å²) in [6.07, 6.45) is 0.135. The van der Waals surface area contributed by atoms with Gasteiger partial charge in [0.15, 0.2) is 0 Å². The molecule has 0 aliphatic rings. The van der Waals surface area contributed by atoms with Gasteiger partial charge in [-0.1, -0.05) is 80.9 Å². The van der Waals surface area contributed by atoms with Gasteiger partial charge in [0.25, 0.3) is 0 Å². The van der Waals surface area contributed by atoms with E-state index >= 15 is 0 Å². The zero-order valence-electron chi connectivity index (χ0n) is 27.3. The Labute approximate surface area is 263 Å². The number of rotatable bonds is 16. The molecule has 3 aromatic carbocycles. The molecule has 238 valence electrons. The summed E-state index contributed by atoms with van der Waals surface area (Å²) in [5.41, 5.74) is 7.72. The summed E-state index contributed by atoms with van der Waals surface area (Å²) in [6, 6.07) is 22.1. The number of anilines is 1. The first-order valence-corrected chi connectivity index (χ1v) is 16.0. The van der Waals surface area contributed by atoms with Gasteiger partial charge in [-0.05, 0) is 54.2 Å². The summed E-state index contributed by atoms with van der Waals surface area (Å²) in [7, 11) is -3.13. The van der Waals surface area contributed by atoms with E-state index in [1.807, 2.05) is 60.7 Å². The molecule has 2 atom stereocenters. The number of methoxy groups -OCH3 is 1. The smallest absolute Gasteiger partial charge is 0.407 e. The van der Waals surface area contributed by atoms with E-state index in [4.69, 9.17) is 13.2 Å².